The zero-order valence-corrected chi connectivity index (χ0v) is 8.27. The third kappa shape index (κ3) is 2.34. The molecule has 1 fully saturated rings. The highest BCUT2D eigenvalue weighted by molar-refractivity contribution is 6.19. The normalized spacial score (nSPS) is 39.5. The summed E-state index contributed by atoms with van der Waals surface area (Å²) < 4.78 is 5.43. The van der Waals surface area contributed by atoms with Crippen LogP contribution in [-0.2, 0) is 4.74 Å². The van der Waals surface area contributed by atoms with Gasteiger partial charge in [0.25, 0.3) is 0 Å². The maximum absolute atomic E-state index is 6.02. The van der Waals surface area contributed by atoms with Gasteiger partial charge in [0.2, 0.25) is 0 Å². The van der Waals surface area contributed by atoms with Gasteiger partial charge in [-0.2, -0.15) is 0 Å². The molecule has 3 unspecified atom stereocenters. The molecule has 2 heteroatoms. The Hall–Kier alpha value is 0.250. The first-order valence-corrected chi connectivity index (χ1v) is 4.80. The van der Waals surface area contributed by atoms with Gasteiger partial charge in [0.15, 0.2) is 0 Å². The third-order valence-electron chi connectivity index (χ3n) is 2.41. The molecule has 0 radical (unpaired) electrons. The Morgan fingerprint density at radius 1 is 1.45 bits per heavy atom. The molecule has 1 saturated heterocycles. The zero-order chi connectivity index (χ0) is 8.43. The number of hydrogen-bond donors (Lipinski definition) is 0. The summed E-state index contributed by atoms with van der Waals surface area (Å²) in [5.41, 5.74) is -0.0498. The van der Waals surface area contributed by atoms with Crippen LogP contribution in [0, 0.1) is 17.8 Å². The quantitative estimate of drug-likeness (QED) is 0.559. The van der Waals surface area contributed by atoms with Gasteiger partial charge in [0, 0.05) is 5.92 Å². The summed E-state index contributed by atoms with van der Waals surface area (Å²) in [4.78, 5) is 0. The van der Waals surface area contributed by atoms with E-state index in [2.05, 4.69) is 20.8 Å². The molecule has 66 valence electrons. The fourth-order valence-electron chi connectivity index (χ4n) is 1.59. The van der Waals surface area contributed by atoms with Gasteiger partial charge in [0.1, 0.15) is 5.56 Å². The molecule has 11 heavy (non-hydrogen) atoms. The summed E-state index contributed by atoms with van der Waals surface area (Å²) in [6.07, 6.45) is 1.21. The first kappa shape index (κ1) is 9.34. The molecule has 1 heterocycles. The highest BCUT2D eigenvalue weighted by Gasteiger charge is 2.29. The SMILES string of the molecule is CC1COC(Cl)C(C(C)C)C1. The smallest absolute Gasteiger partial charge is 0.134 e. The first-order valence-electron chi connectivity index (χ1n) is 4.37. The monoisotopic (exact) mass is 176 g/mol. The summed E-state index contributed by atoms with van der Waals surface area (Å²) in [6, 6.07) is 0. The van der Waals surface area contributed by atoms with E-state index in [1.54, 1.807) is 0 Å². The van der Waals surface area contributed by atoms with Crippen LogP contribution in [0.15, 0.2) is 0 Å². The zero-order valence-electron chi connectivity index (χ0n) is 7.51. The fraction of sp³-hybridized carbons (Fsp3) is 1.00. The standard InChI is InChI=1S/C9H17ClO/c1-6(2)8-4-7(3)5-11-9(8)10/h6-9H,4-5H2,1-3H3. The van der Waals surface area contributed by atoms with E-state index in [0.29, 0.717) is 17.8 Å². The predicted molar refractivity (Wildman–Crippen MR) is 47.7 cm³/mol. The topological polar surface area (TPSA) is 9.23 Å². The van der Waals surface area contributed by atoms with Crippen molar-refractivity contribution in [1.29, 1.82) is 0 Å². The Morgan fingerprint density at radius 2 is 2.09 bits per heavy atom. The van der Waals surface area contributed by atoms with Gasteiger partial charge in [-0.05, 0) is 18.3 Å². The summed E-state index contributed by atoms with van der Waals surface area (Å²) in [5.74, 6) is 1.86. The van der Waals surface area contributed by atoms with E-state index in [1.165, 1.54) is 6.42 Å². The van der Waals surface area contributed by atoms with Gasteiger partial charge < -0.3 is 4.74 Å². The van der Waals surface area contributed by atoms with Crippen LogP contribution in [0.4, 0.5) is 0 Å². The van der Waals surface area contributed by atoms with Crippen molar-refractivity contribution < 1.29 is 4.74 Å². The van der Waals surface area contributed by atoms with Crippen molar-refractivity contribution in [2.24, 2.45) is 17.8 Å². The van der Waals surface area contributed by atoms with Crippen molar-refractivity contribution in [3.63, 3.8) is 0 Å². The molecular formula is C9H17ClO. The van der Waals surface area contributed by atoms with Gasteiger partial charge >= 0.3 is 0 Å². The first-order chi connectivity index (χ1) is 5.11. The molecule has 1 nitrogen and oxygen atoms in total. The van der Waals surface area contributed by atoms with Crippen LogP contribution in [0.1, 0.15) is 27.2 Å². The molecule has 0 bridgehead atoms. The minimum absolute atomic E-state index is 0.0498. The second-order valence-electron chi connectivity index (χ2n) is 3.93. The van der Waals surface area contributed by atoms with E-state index in [-0.39, 0.29) is 5.56 Å². The maximum Gasteiger partial charge on any atom is 0.134 e. The van der Waals surface area contributed by atoms with Crippen molar-refractivity contribution >= 4 is 11.6 Å². The number of rotatable bonds is 1. The molecule has 0 aromatic rings. The van der Waals surface area contributed by atoms with E-state index >= 15 is 0 Å². The van der Waals surface area contributed by atoms with Gasteiger partial charge in [-0.3, -0.25) is 0 Å². The number of alkyl halides is 1. The Bertz CT molecular complexity index is 125. The molecule has 0 saturated carbocycles. The minimum Gasteiger partial charge on any atom is -0.362 e. The predicted octanol–water partition coefficient (Wildman–Crippen LogP) is 2.88. The van der Waals surface area contributed by atoms with E-state index < -0.39 is 0 Å². The van der Waals surface area contributed by atoms with Gasteiger partial charge in [0.05, 0.1) is 6.61 Å². The molecule has 0 aromatic heterocycles. The van der Waals surface area contributed by atoms with E-state index in [4.69, 9.17) is 16.3 Å². The van der Waals surface area contributed by atoms with Crippen molar-refractivity contribution in [3.05, 3.63) is 0 Å². The fourth-order valence-corrected chi connectivity index (χ4v) is 2.06. The molecule has 0 amide bonds. The molecule has 0 spiro atoms. The lowest BCUT2D eigenvalue weighted by Crippen LogP contribution is -2.32. The lowest BCUT2D eigenvalue weighted by atomic mass is 9.86. The third-order valence-corrected chi connectivity index (χ3v) is 2.86. The van der Waals surface area contributed by atoms with E-state index in [1.807, 2.05) is 0 Å². The van der Waals surface area contributed by atoms with Gasteiger partial charge in [-0.25, -0.2) is 0 Å². The highest BCUT2D eigenvalue weighted by Crippen LogP contribution is 2.32. The van der Waals surface area contributed by atoms with Crippen molar-refractivity contribution in [3.8, 4) is 0 Å². The summed E-state index contributed by atoms with van der Waals surface area (Å²) in [6.45, 7) is 7.47. The summed E-state index contributed by atoms with van der Waals surface area (Å²) >= 11 is 6.02. The Kier molecular flexibility index (Phi) is 3.20. The largest absolute Gasteiger partial charge is 0.362 e. The average Bonchev–Trinajstić information content (AvgIpc) is 1.94. The Labute approximate surface area is 74.1 Å². The summed E-state index contributed by atoms with van der Waals surface area (Å²) in [5, 5.41) is 0. The van der Waals surface area contributed by atoms with Crippen LogP contribution in [0.3, 0.4) is 0 Å². The highest BCUT2D eigenvalue weighted by atomic mass is 35.5. The second kappa shape index (κ2) is 3.77. The van der Waals surface area contributed by atoms with Gasteiger partial charge in [-0.15, -0.1) is 0 Å². The lowest BCUT2D eigenvalue weighted by Gasteiger charge is -2.33. The maximum atomic E-state index is 6.02. The number of hydrogen-bond acceptors (Lipinski definition) is 1. The van der Waals surface area contributed by atoms with Crippen LogP contribution in [-0.4, -0.2) is 12.2 Å². The molecule has 0 aliphatic carbocycles. The molecule has 1 aliphatic rings. The van der Waals surface area contributed by atoms with Crippen LogP contribution in [0.2, 0.25) is 0 Å². The van der Waals surface area contributed by atoms with E-state index in [9.17, 15) is 0 Å². The summed E-state index contributed by atoms with van der Waals surface area (Å²) in [7, 11) is 0. The average molecular weight is 177 g/mol. The van der Waals surface area contributed by atoms with Gasteiger partial charge in [-0.1, -0.05) is 32.4 Å². The lowest BCUT2D eigenvalue weighted by molar-refractivity contribution is -0.0210. The van der Waals surface area contributed by atoms with Crippen LogP contribution >= 0.6 is 11.6 Å². The molecule has 1 aliphatic heterocycles. The van der Waals surface area contributed by atoms with Crippen LogP contribution in [0.25, 0.3) is 0 Å². The molecule has 1 rings (SSSR count). The number of ether oxygens (including phenoxy) is 1. The minimum atomic E-state index is -0.0498. The van der Waals surface area contributed by atoms with Crippen molar-refractivity contribution in [2.75, 3.05) is 6.61 Å². The molecular weight excluding hydrogens is 160 g/mol. The molecule has 0 aromatic carbocycles. The van der Waals surface area contributed by atoms with Crippen molar-refractivity contribution in [2.45, 2.75) is 32.8 Å². The van der Waals surface area contributed by atoms with Crippen LogP contribution in [0.5, 0.6) is 0 Å². The Balaban J connectivity index is 2.47. The number of halogens is 1. The second-order valence-corrected chi connectivity index (χ2v) is 4.36. The molecule has 0 N–H and O–H groups in total. The van der Waals surface area contributed by atoms with E-state index in [0.717, 1.165) is 6.61 Å². The van der Waals surface area contributed by atoms with Crippen molar-refractivity contribution in [1.82, 2.24) is 0 Å². The Morgan fingerprint density at radius 3 is 2.55 bits per heavy atom. The molecule has 3 atom stereocenters. The van der Waals surface area contributed by atoms with Crippen LogP contribution < -0.4 is 0 Å².